The minimum atomic E-state index is -1.33. The fraction of sp³-hybridized carbons (Fsp3) is 0.636. The van der Waals surface area contributed by atoms with Crippen molar-refractivity contribution in [2.45, 2.75) is 0 Å². The number of hydrogen-bond acceptors (Lipinski definition) is 6. The van der Waals surface area contributed by atoms with E-state index in [9.17, 15) is 24.3 Å². The molecule has 0 saturated heterocycles. The van der Waals surface area contributed by atoms with Crippen molar-refractivity contribution >= 4 is 23.9 Å². The molecule has 0 atom stereocenters. The monoisotopic (exact) mass is 323 g/mol. The van der Waals surface area contributed by atoms with Crippen LogP contribution in [0.2, 0.25) is 0 Å². The van der Waals surface area contributed by atoms with Gasteiger partial charge in [0, 0.05) is 6.54 Å². The van der Waals surface area contributed by atoms with Crippen LogP contribution in [-0.2, 0) is 19.2 Å². The maximum Gasteiger partial charge on any atom is 0.359 e. The summed E-state index contributed by atoms with van der Waals surface area (Å²) in [6.45, 7) is -3.77. The van der Waals surface area contributed by atoms with Crippen LogP contribution < -0.4 is 0 Å². The third-order valence-electron chi connectivity index (χ3n) is 2.85. The third kappa shape index (κ3) is 8.14. The Labute approximate surface area is 125 Å². The molecule has 0 aliphatic heterocycles. The van der Waals surface area contributed by atoms with Crippen LogP contribution in [0.3, 0.4) is 0 Å². The number of carboxylic acid groups (broad SMARTS) is 4. The lowest BCUT2D eigenvalue weighted by molar-refractivity contribution is -0.931. The van der Waals surface area contributed by atoms with Gasteiger partial charge < -0.3 is 25.5 Å². The highest BCUT2D eigenvalue weighted by Crippen LogP contribution is 2.07. The van der Waals surface area contributed by atoms with Gasteiger partial charge in [0.25, 0.3) is 0 Å². The standard InChI is InChI=1S/C11H18N2O9/c14-7-13(5-10(19)20,6-11(21)22)2-1-12(3-8(15)16)4-9(17)18/h14H,1-7H2,(H3-,15,16,17,18,19,20,21,22)/p+1. The Bertz CT molecular complexity index is 405. The zero-order valence-corrected chi connectivity index (χ0v) is 11.7. The molecule has 0 rings (SSSR count). The van der Waals surface area contributed by atoms with E-state index in [1.54, 1.807) is 0 Å². The van der Waals surface area contributed by atoms with Crippen LogP contribution in [0.25, 0.3) is 0 Å². The van der Waals surface area contributed by atoms with Crippen LogP contribution in [-0.4, -0.2) is 105 Å². The Hall–Kier alpha value is -2.24. The van der Waals surface area contributed by atoms with Gasteiger partial charge in [-0.3, -0.25) is 19.0 Å². The minimum absolute atomic E-state index is 0.195. The normalized spacial score (nSPS) is 11.4. The maximum absolute atomic E-state index is 10.8. The molecule has 0 heterocycles. The van der Waals surface area contributed by atoms with Crippen molar-refractivity contribution in [3.05, 3.63) is 0 Å². The van der Waals surface area contributed by atoms with Gasteiger partial charge >= 0.3 is 23.9 Å². The molecular weight excluding hydrogens is 304 g/mol. The van der Waals surface area contributed by atoms with Gasteiger partial charge in [0.15, 0.2) is 19.8 Å². The van der Waals surface area contributed by atoms with E-state index in [0.29, 0.717) is 0 Å². The first kappa shape index (κ1) is 19.8. The van der Waals surface area contributed by atoms with Crippen molar-refractivity contribution in [2.75, 3.05) is 46.0 Å². The second kappa shape index (κ2) is 8.92. The van der Waals surface area contributed by atoms with Crippen molar-refractivity contribution < 1.29 is 49.2 Å². The first-order chi connectivity index (χ1) is 10.1. The quantitative estimate of drug-likeness (QED) is 0.189. The van der Waals surface area contributed by atoms with Gasteiger partial charge in [0.2, 0.25) is 0 Å². The average molecular weight is 323 g/mol. The number of quaternary nitrogens is 1. The lowest BCUT2D eigenvalue weighted by atomic mass is 10.3. The molecule has 0 aromatic rings. The van der Waals surface area contributed by atoms with E-state index in [0.717, 1.165) is 4.90 Å². The third-order valence-corrected chi connectivity index (χ3v) is 2.85. The number of rotatable bonds is 12. The van der Waals surface area contributed by atoms with E-state index in [-0.39, 0.29) is 13.1 Å². The molecular formula is C11H19N2O9+. The van der Waals surface area contributed by atoms with Crippen molar-refractivity contribution in [3.8, 4) is 0 Å². The molecule has 0 aliphatic carbocycles. The summed E-state index contributed by atoms with van der Waals surface area (Å²) in [6, 6.07) is 0. The molecule has 0 amide bonds. The first-order valence-corrected chi connectivity index (χ1v) is 6.15. The first-order valence-electron chi connectivity index (χ1n) is 6.15. The number of hydrogen-bond donors (Lipinski definition) is 5. The summed E-state index contributed by atoms with van der Waals surface area (Å²) in [4.78, 5) is 44.0. The Morgan fingerprint density at radius 1 is 0.773 bits per heavy atom. The molecule has 11 nitrogen and oxygen atoms in total. The molecule has 0 saturated carbocycles. The second-order valence-electron chi connectivity index (χ2n) is 4.81. The van der Waals surface area contributed by atoms with Crippen molar-refractivity contribution in [3.63, 3.8) is 0 Å². The highest BCUT2D eigenvalue weighted by atomic mass is 16.4. The number of aliphatic carboxylic acids is 4. The van der Waals surface area contributed by atoms with Gasteiger partial charge in [-0.2, -0.15) is 0 Å². The molecule has 126 valence electrons. The lowest BCUT2D eigenvalue weighted by Gasteiger charge is -2.35. The summed E-state index contributed by atoms with van der Waals surface area (Å²) in [5, 5.41) is 44.4. The molecule has 0 unspecified atom stereocenters. The minimum Gasteiger partial charge on any atom is -0.480 e. The largest absolute Gasteiger partial charge is 0.480 e. The average Bonchev–Trinajstić information content (AvgIpc) is 2.32. The SMILES string of the molecule is O=C(O)CN(CC[N+](CO)(CC(=O)O)CC(=O)O)CC(=O)O. The number of aliphatic hydroxyl groups is 1. The van der Waals surface area contributed by atoms with E-state index in [2.05, 4.69) is 0 Å². The van der Waals surface area contributed by atoms with E-state index < -0.39 is 61.3 Å². The molecule has 0 aromatic heterocycles. The Kier molecular flexibility index (Phi) is 8.01. The summed E-state index contributed by atoms with van der Waals surface area (Å²) in [6.07, 6.45) is 0. The van der Waals surface area contributed by atoms with Crippen LogP contribution in [0.4, 0.5) is 0 Å². The van der Waals surface area contributed by atoms with E-state index in [1.165, 1.54) is 0 Å². The highest BCUT2D eigenvalue weighted by Gasteiger charge is 2.33. The molecule has 0 aromatic carbocycles. The molecule has 11 heteroatoms. The molecule has 22 heavy (non-hydrogen) atoms. The number of nitrogens with zero attached hydrogens (tertiary/aromatic N) is 2. The molecule has 0 aliphatic rings. The molecule has 0 radical (unpaired) electrons. The predicted molar refractivity (Wildman–Crippen MR) is 68.9 cm³/mol. The predicted octanol–water partition coefficient (Wildman–Crippen LogP) is -2.61. The Morgan fingerprint density at radius 2 is 1.18 bits per heavy atom. The van der Waals surface area contributed by atoms with Crippen LogP contribution in [0, 0.1) is 0 Å². The van der Waals surface area contributed by atoms with E-state index in [1.807, 2.05) is 0 Å². The van der Waals surface area contributed by atoms with Crippen LogP contribution in [0.15, 0.2) is 0 Å². The van der Waals surface area contributed by atoms with Gasteiger partial charge in [-0.1, -0.05) is 0 Å². The zero-order valence-electron chi connectivity index (χ0n) is 11.7. The zero-order chi connectivity index (χ0) is 17.3. The number of aliphatic hydroxyl groups excluding tert-OH is 1. The van der Waals surface area contributed by atoms with Gasteiger partial charge in [0.1, 0.15) is 0 Å². The van der Waals surface area contributed by atoms with Gasteiger partial charge in [-0.05, 0) is 0 Å². The Morgan fingerprint density at radius 3 is 1.45 bits per heavy atom. The molecule has 0 spiro atoms. The molecule has 5 N–H and O–H groups in total. The Balaban J connectivity index is 5.00. The maximum atomic E-state index is 10.8. The molecule has 0 fully saturated rings. The van der Waals surface area contributed by atoms with Crippen LogP contribution in [0.5, 0.6) is 0 Å². The fourth-order valence-corrected chi connectivity index (χ4v) is 1.91. The van der Waals surface area contributed by atoms with Crippen molar-refractivity contribution in [2.24, 2.45) is 0 Å². The highest BCUT2D eigenvalue weighted by molar-refractivity contribution is 5.72. The summed E-state index contributed by atoms with van der Waals surface area (Å²) < 4.78 is -0.736. The smallest absolute Gasteiger partial charge is 0.359 e. The number of carboxylic acids is 4. The summed E-state index contributed by atoms with van der Waals surface area (Å²) in [5.41, 5.74) is 0. The molecule has 0 bridgehead atoms. The fourth-order valence-electron chi connectivity index (χ4n) is 1.91. The van der Waals surface area contributed by atoms with Gasteiger partial charge in [-0.25, -0.2) is 9.59 Å². The topological polar surface area (TPSA) is 173 Å². The summed E-state index contributed by atoms with van der Waals surface area (Å²) >= 11 is 0. The summed E-state index contributed by atoms with van der Waals surface area (Å²) in [5.74, 6) is -5.23. The van der Waals surface area contributed by atoms with Gasteiger partial charge in [0.05, 0.1) is 19.6 Å². The van der Waals surface area contributed by atoms with Crippen molar-refractivity contribution in [1.29, 1.82) is 0 Å². The van der Waals surface area contributed by atoms with E-state index >= 15 is 0 Å². The lowest BCUT2D eigenvalue weighted by Crippen LogP contribution is -2.57. The second-order valence-corrected chi connectivity index (χ2v) is 4.81. The van der Waals surface area contributed by atoms with Crippen LogP contribution in [0.1, 0.15) is 0 Å². The van der Waals surface area contributed by atoms with E-state index in [4.69, 9.17) is 20.4 Å². The van der Waals surface area contributed by atoms with Gasteiger partial charge in [-0.15, -0.1) is 0 Å². The van der Waals surface area contributed by atoms with Crippen molar-refractivity contribution in [1.82, 2.24) is 4.90 Å². The summed E-state index contributed by atoms with van der Waals surface area (Å²) in [7, 11) is 0. The van der Waals surface area contributed by atoms with Crippen LogP contribution >= 0.6 is 0 Å². The number of carbonyl (C=O) groups is 4.